The van der Waals surface area contributed by atoms with Gasteiger partial charge in [-0.3, -0.25) is 9.59 Å². The monoisotopic (exact) mass is 1220 g/mol. The average molecular weight is 1220 g/mol. The van der Waals surface area contributed by atoms with Crippen molar-refractivity contribution in [2.45, 2.75) is 431 Å². The van der Waals surface area contributed by atoms with Crippen molar-refractivity contribution in [3.05, 3.63) is 60.8 Å². The summed E-state index contributed by atoms with van der Waals surface area (Å²) in [6.45, 7) is 4.89. The number of ether oxygens (including phenoxy) is 1. The van der Waals surface area contributed by atoms with E-state index in [1.165, 1.54) is 334 Å². The van der Waals surface area contributed by atoms with E-state index in [9.17, 15) is 19.8 Å². The van der Waals surface area contributed by atoms with Crippen molar-refractivity contribution in [2.24, 2.45) is 0 Å². The molecular weight excluding hydrogens is 1070 g/mol. The topological polar surface area (TPSA) is 95.9 Å². The molecule has 2 atom stereocenters. The molecule has 3 N–H and O–H groups in total. The molecule has 2 unspecified atom stereocenters. The predicted molar refractivity (Wildman–Crippen MR) is 384 cm³/mol. The first-order valence-electron chi connectivity index (χ1n) is 39.1. The molecule has 0 aromatic heterocycles. The summed E-state index contributed by atoms with van der Waals surface area (Å²) in [6, 6.07) is -0.630. The smallest absolute Gasteiger partial charge is 0.305 e. The Labute approximate surface area is 543 Å². The molecule has 6 nitrogen and oxygen atoms in total. The molecule has 0 rings (SSSR count). The zero-order chi connectivity index (χ0) is 62.8. The van der Waals surface area contributed by atoms with Gasteiger partial charge in [0.25, 0.3) is 0 Å². The third-order valence-corrected chi connectivity index (χ3v) is 18.0. The molecule has 0 aliphatic carbocycles. The van der Waals surface area contributed by atoms with Gasteiger partial charge in [0.05, 0.1) is 25.4 Å². The number of allylic oxidation sites excluding steroid dienone is 9. The van der Waals surface area contributed by atoms with E-state index in [1.54, 1.807) is 6.08 Å². The van der Waals surface area contributed by atoms with Gasteiger partial charge in [-0.2, -0.15) is 0 Å². The lowest BCUT2D eigenvalue weighted by atomic mass is 10.0. The van der Waals surface area contributed by atoms with Gasteiger partial charge < -0.3 is 20.3 Å². The highest BCUT2D eigenvalue weighted by atomic mass is 16.5. The summed E-state index contributed by atoms with van der Waals surface area (Å²) in [7, 11) is 0. The van der Waals surface area contributed by atoms with Crippen molar-refractivity contribution in [3.63, 3.8) is 0 Å². The SMILES string of the molecule is CCCC/C=C\C/C=C\CCCCCCCC(=O)OCCCCCCCCCCC/C=C\C/C=C\CCCCCCCCCCCCCCCCCC(=O)NC(CO)C(O)/C=C/CCCCCCCCCCCCCCCCCCCCCCCCC. The van der Waals surface area contributed by atoms with Crippen LogP contribution in [0.15, 0.2) is 60.8 Å². The largest absolute Gasteiger partial charge is 0.466 e. The predicted octanol–water partition coefficient (Wildman–Crippen LogP) is 25.8. The minimum Gasteiger partial charge on any atom is -0.466 e. The zero-order valence-corrected chi connectivity index (χ0v) is 58.5. The van der Waals surface area contributed by atoms with Crippen LogP contribution < -0.4 is 5.32 Å². The highest BCUT2D eigenvalue weighted by molar-refractivity contribution is 5.76. The fraction of sp³-hybridized carbons (Fsp3) is 0.852. The highest BCUT2D eigenvalue weighted by Gasteiger charge is 2.18. The van der Waals surface area contributed by atoms with E-state index in [0.29, 0.717) is 19.4 Å². The van der Waals surface area contributed by atoms with Gasteiger partial charge in [0.1, 0.15) is 0 Å². The van der Waals surface area contributed by atoms with E-state index in [-0.39, 0.29) is 18.5 Å². The molecule has 0 saturated carbocycles. The van der Waals surface area contributed by atoms with Crippen molar-refractivity contribution >= 4 is 11.9 Å². The Hall–Kier alpha value is -2.44. The molecular formula is C81H151NO5. The Balaban J connectivity index is 3.43. The first-order chi connectivity index (χ1) is 43.0. The normalized spacial score (nSPS) is 12.8. The molecule has 0 saturated heterocycles. The number of carbonyl (C=O) groups is 2. The van der Waals surface area contributed by atoms with Crippen molar-refractivity contribution in [1.82, 2.24) is 5.32 Å². The number of rotatable bonds is 73. The highest BCUT2D eigenvalue weighted by Crippen LogP contribution is 2.19. The summed E-state index contributed by atoms with van der Waals surface area (Å²) in [5.41, 5.74) is 0. The van der Waals surface area contributed by atoms with E-state index < -0.39 is 12.1 Å². The lowest BCUT2D eigenvalue weighted by molar-refractivity contribution is -0.143. The summed E-state index contributed by atoms with van der Waals surface area (Å²) >= 11 is 0. The van der Waals surface area contributed by atoms with Crippen LogP contribution >= 0.6 is 0 Å². The molecule has 0 fully saturated rings. The molecule has 0 aromatic carbocycles. The summed E-state index contributed by atoms with van der Waals surface area (Å²) in [5, 5.41) is 23.3. The van der Waals surface area contributed by atoms with Crippen LogP contribution in [-0.2, 0) is 14.3 Å². The quantitative estimate of drug-likeness (QED) is 0.0320. The van der Waals surface area contributed by atoms with Gasteiger partial charge in [-0.1, -0.05) is 376 Å². The minimum atomic E-state index is -0.847. The number of amides is 1. The number of esters is 1. The molecule has 510 valence electrons. The summed E-state index contributed by atoms with van der Waals surface area (Å²) in [6.07, 6.45) is 102. The second kappa shape index (κ2) is 76.0. The third-order valence-electron chi connectivity index (χ3n) is 18.0. The van der Waals surface area contributed by atoms with Crippen molar-refractivity contribution in [3.8, 4) is 0 Å². The van der Waals surface area contributed by atoms with E-state index in [1.807, 2.05) is 6.08 Å². The van der Waals surface area contributed by atoms with Crippen molar-refractivity contribution < 1.29 is 24.5 Å². The molecule has 0 aliphatic rings. The number of carbonyl (C=O) groups excluding carboxylic acids is 2. The number of hydrogen-bond acceptors (Lipinski definition) is 5. The van der Waals surface area contributed by atoms with Crippen LogP contribution in [0.1, 0.15) is 418 Å². The number of hydrogen-bond donors (Lipinski definition) is 3. The maximum atomic E-state index is 12.6. The number of nitrogens with one attached hydrogen (secondary N) is 1. The number of aliphatic hydroxyl groups is 2. The van der Waals surface area contributed by atoms with E-state index >= 15 is 0 Å². The molecule has 87 heavy (non-hydrogen) atoms. The van der Waals surface area contributed by atoms with E-state index in [4.69, 9.17) is 4.74 Å². The van der Waals surface area contributed by atoms with Crippen LogP contribution in [0.5, 0.6) is 0 Å². The van der Waals surface area contributed by atoms with Crippen LogP contribution in [0.2, 0.25) is 0 Å². The van der Waals surface area contributed by atoms with Gasteiger partial charge in [0.2, 0.25) is 5.91 Å². The Morgan fingerprint density at radius 1 is 0.322 bits per heavy atom. The van der Waals surface area contributed by atoms with Crippen molar-refractivity contribution in [1.29, 1.82) is 0 Å². The fourth-order valence-electron chi connectivity index (χ4n) is 12.0. The lowest BCUT2D eigenvalue weighted by Gasteiger charge is -2.20. The molecule has 0 radical (unpaired) electrons. The fourth-order valence-corrected chi connectivity index (χ4v) is 12.0. The van der Waals surface area contributed by atoms with Gasteiger partial charge in [-0.25, -0.2) is 0 Å². The van der Waals surface area contributed by atoms with Gasteiger partial charge in [0.15, 0.2) is 0 Å². The van der Waals surface area contributed by atoms with Gasteiger partial charge in [-0.15, -0.1) is 0 Å². The average Bonchev–Trinajstić information content (AvgIpc) is 3.52. The Morgan fingerprint density at radius 2 is 0.586 bits per heavy atom. The maximum Gasteiger partial charge on any atom is 0.305 e. The first kappa shape index (κ1) is 84.6. The van der Waals surface area contributed by atoms with Crippen molar-refractivity contribution in [2.75, 3.05) is 13.2 Å². The number of unbranched alkanes of at least 4 members (excludes halogenated alkanes) is 54. The van der Waals surface area contributed by atoms with E-state index in [2.05, 4.69) is 67.8 Å². The van der Waals surface area contributed by atoms with Gasteiger partial charge >= 0.3 is 5.97 Å². The first-order valence-corrected chi connectivity index (χ1v) is 39.1. The summed E-state index contributed by atoms with van der Waals surface area (Å²) in [5.74, 6) is -0.0649. The lowest BCUT2D eigenvalue weighted by Crippen LogP contribution is -2.45. The summed E-state index contributed by atoms with van der Waals surface area (Å²) in [4.78, 5) is 24.6. The van der Waals surface area contributed by atoms with Gasteiger partial charge in [0, 0.05) is 12.8 Å². The number of aliphatic hydroxyl groups excluding tert-OH is 2. The molecule has 0 heterocycles. The third kappa shape index (κ3) is 72.5. The molecule has 1 amide bonds. The maximum absolute atomic E-state index is 12.6. The molecule has 0 aliphatic heterocycles. The Bertz CT molecular complexity index is 1500. The van der Waals surface area contributed by atoms with E-state index in [0.717, 1.165) is 57.8 Å². The van der Waals surface area contributed by atoms with Gasteiger partial charge in [-0.05, 0) is 89.9 Å². The zero-order valence-electron chi connectivity index (χ0n) is 58.5. The van der Waals surface area contributed by atoms with Crippen LogP contribution in [0.25, 0.3) is 0 Å². The van der Waals surface area contributed by atoms with Crippen LogP contribution in [0.4, 0.5) is 0 Å². The molecule has 6 heteroatoms. The second-order valence-electron chi connectivity index (χ2n) is 26.7. The van der Waals surface area contributed by atoms with Crippen LogP contribution in [-0.4, -0.2) is 47.4 Å². The second-order valence-corrected chi connectivity index (χ2v) is 26.7. The molecule has 0 aromatic rings. The van der Waals surface area contributed by atoms with Crippen LogP contribution in [0.3, 0.4) is 0 Å². The Morgan fingerprint density at radius 3 is 0.908 bits per heavy atom. The minimum absolute atomic E-state index is 0.00166. The molecule has 0 bridgehead atoms. The standard InChI is InChI=1S/C81H151NO5/c1-3-5-7-9-11-13-15-17-19-20-21-22-23-31-34-37-40-43-46-49-53-57-61-65-69-73-79(84)78(77-83)82-80(85)74-70-66-62-58-54-50-47-44-41-38-35-32-29-27-25-24-26-28-30-33-36-39-42-45-48-52-56-60-64-68-72-76-87-81(86)75-71-67-63-59-55-51-18-16-14-12-10-8-6-4-2/h10,12,16,18,26,28,33,36,69,73,78-79,83-84H,3-9,11,13-15,17,19-25,27,29-32,34-35,37-68,70-72,74-77H2,1-2H3,(H,82,85)/b12-10-,18-16-,28-26-,36-33-,73-69+. The Kier molecular flexibility index (Phi) is 73.9. The van der Waals surface area contributed by atoms with Crippen LogP contribution in [0, 0.1) is 0 Å². The summed E-state index contributed by atoms with van der Waals surface area (Å²) < 4.78 is 5.48. The molecule has 0 spiro atoms.